The Balaban J connectivity index is 1.80. The first-order valence-electron chi connectivity index (χ1n) is 6.19. The lowest BCUT2D eigenvalue weighted by Gasteiger charge is -2.22. The first-order chi connectivity index (χ1) is 10.2. The summed E-state index contributed by atoms with van der Waals surface area (Å²) in [4.78, 5) is 22.3. The molecule has 1 aliphatic rings. The van der Waals surface area contributed by atoms with E-state index in [1.165, 1.54) is 6.33 Å². The highest BCUT2D eigenvalue weighted by molar-refractivity contribution is 7.80. The van der Waals surface area contributed by atoms with Crippen LogP contribution in [0.5, 0.6) is 5.75 Å². The predicted molar refractivity (Wildman–Crippen MR) is 78.4 cm³/mol. The number of aromatic amines is 1. The molecule has 0 unspecified atom stereocenters. The topological polar surface area (TPSA) is 96.0 Å². The van der Waals surface area contributed by atoms with Crippen molar-refractivity contribution in [1.29, 1.82) is 0 Å². The number of hydrogen-bond acceptors (Lipinski definition) is 6. The zero-order valence-electron chi connectivity index (χ0n) is 11.1. The highest BCUT2D eigenvalue weighted by Gasteiger charge is 2.28. The summed E-state index contributed by atoms with van der Waals surface area (Å²) in [5, 5.41) is 8.98. The second kappa shape index (κ2) is 5.44. The molecule has 0 aromatic carbocycles. The van der Waals surface area contributed by atoms with Gasteiger partial charge < -0.3 is 15.0 Å². The number of thiocarbonyl (C=S) groups is 1. The van der Waals surface area contributed by atoms with Gasteiger partial charge >= 0.3 is 0 Å². The van der Waals surface area contributed by atoms with Gasteiger partial charge in [0.05, 0.1) is 0 Å². The van der Waals surface area contributed by atoms with Gasteiger partial charge in [0.15, 0.2) is 11.6 Å². The van der Waals surface area contributed by atoms with Gasteiger partial charge in [-0.05, 0) is 12.1 Å². The van der Waals surface area contributed by atoms with Crippen molar-refractivity contribution in [2.45, 2.75) is 6.04 Å². The van der Waals surface area contributed by atoms with Crippen molar-refractivity contribution in [2.24, 2.45) is 0 Å². The lowest BCUT2D eigenvalue weighted by atomic mass is 10.3. The molecule has 2 aromatic rings. The Morgan fingerprint density at radius 2 is 2.43 bits per heavy atom. The van der Waals surface area contributed by atoms with Crippen molar-refractivity contribution in [1.82, 2.24) is 25.5 Å². The quantitative estimate of drug-likeness (QED) is 0.763. The summed E-state index contributed by atoms with van der Waals surface area (Å²) in [5.74, 6) is 0.883. The lowest BCUT2D eigenvalue weighted by Crippen LogP contribution is -2.48. The largest absolute Gasteiger partial charge is 0.487 e. The fraction of sp³-hybridized carbons (Fsp3) is 0.250. The third-order valence-electron chi connectivity index (χ3n) is 3.03. The van der Waals surface area contributed by atoms with Crippen LogP contribution in [0.1, 0.15) is 10.6 Å². The summed E-state index contributed by atoms with van der Waals surface area (Å²) in [7, 11) is 1.79. The average molecular weight is 304 g/mol. The molecular weight excluding hydrogens is 292 g/mol. The van der Waals surface area contributed by atoms with Crippen LogP contribution >= 0.6 is 12.2 Å². The van der Waals surface area contributed by atoms with Crippen molar-refractivity contribution >= 4 is 28.9 Å². The molecule has 1 atom stereocenters. The van der Waals surface area contributed by atoms with Crippen LogP contribution in [0.3, 0.4) is 0 Å². The highest BCUT2D eigenvalue weighted by atomic mass is 32.1. The SMILES string of the molecule is CN1C(=S)[C@@H](NC(=O)c2nc[nH]n2)COc2cccnc21. The number of nitrogens with zero attached hydrogens (tertiary/aromatic N) is 4. The number of pyridine rings is 1. The summed E-state index contributed by atoms with van der Waals surface area (Å²) < 4.78 is 5.67. The van der Waals surface area contributed by atoms with E-state index in [0.717, 1.165) is 0 Å². The number of H-pyrrole nitrogens is 1. The Kier molecular flexibility index (Phi) is 3.48. The maximum absolute atomic E-state index is 12.0. The van der Waals surface area contributed by atoms with Gasteiger partial charge in [-0.2, -0.15) is 0 Å². The van der Waals surface area contributed by atoms with Crippen molar-refractivity contribution in [3.63, 3.8) is 0 Å². The monoisotopic (exact) mass is 304 g/mol. The van der Waals surface area contributed by atoms with Gasteiger partial charge in [-0.15, -0.1) is 5.10 Å². The number of anilines is 1. The molecule has 21 heavy (non-hydrogen) atoms. The molecular formula is C12H12N6O2S. The molecule has 0 saturated carbocycles. The molecule has 0 saturated heterocycles. The third-order valence-corrected chi connectivity index (χ3v) is 3.58. The number of amides is 1. The first-order valence-corrected chi connectivity index (χ1v) is 6.59. The lowest BCUT2D eigenvalue weighted by molar-refractivity contribution is 0.0927. The molecule has 2 N–H and O–H groups in total. The molecule has 0 bridgehead atoms. The molecule has 1 amide bonds. The summed E-state index contributed by atoms with van der Waals surface area (Å²) in [6.07, 6.45) is 3.00. The molecule has 0 spiro atoms. The summed E-state index contributed by atoms with van der Waals surface area (Å²) >= 11 is 5.40. The van der Waals surface area contributed by atoms with E-state index < -0.39 is 11.9 Å². The van der Waals surface area contributed by atoms with Gasteiger partial charge in [0, 0.05) is 13.2 Å². The molecule has 9 heteroatoms. The molecule has 2 aromatic heterocycles. The maximum atomic E-state index is 12.0. The molecule has 0 fully saturated rings. The van der Waals surface area contributed by atoms with Crippen LogP contribution in [-0.2, 0) is 0 Å². The predicted octanol–water partition coefficient (Wildman–Crippen LogP) is 0.154. The van der Waals surface area contributed by atoms with E-state index in [2.05, 4.69) is 25.5 Å². The van der Waals surface area contributed by atoms with E-state index in [0.29, 0.717) is 16.6 Å². The van der Waals surface area contributed by atoms with Crippen LogP contribution in [0, 0.1) is 0 Å². The number of ether oxygens (including phenoxy) is 1. The molecule has 0 radical (unpaired) electrons. The van der Waals surface area contributed by atoms with Crippen LogP contribution in [-0.4, -0.2) is 50.8 Å². The van der Waals surface area contributed by atoms with Crippen LogP contribution in [0.25, 0.3) is 0 Å². The van der Waals surface area contributed by atoms with Gasteiger partial charge in [-0.1, -0.05) is 12.2 Å². The number of aromatic nitrogens is 4. The van der Waals surface area contributed by atoms with Gasteiger partial charge in [-0.25, -0.2) is 9.97 Å². The Bertz CT molecular complexity index is 674. The Morgan fingerprint density at radius 3 is 3.19 bits per heavy atom. The Morgan fingerprint density at radius 1 is 1.57 bits per heavy atom. The van der Waals surface area contributed by atoms with Gasteiger partial charge in [0.1, 0.15) is 24.0 Å². The normalized spacial score (nSPS) is 17.7. The minimum atomic E-state index is -0.467. The van der Waals surface area contributed by atoms with E-state index in [4.69, 9.17) is 17.0 Å². The number of carbonyl (C=O) groups excluding carboxylic acids is 1. The maximum Gasteiger partial charge on any atom is 0.291 e. The van der Waals surface area contributed by atoms with E-state index in [9.17, 15) is 4.79 Å². The molecule has 0 aliphatic carbocycles. The van der Waals surface area contributed by atoms with Crippen molar-refractivity contribution in [2.75, 3.05) is 18.6 Å². The molecule has 8 nitrogen and oxygen atoms in total. The van der Waals surface area contributed by atoms with Crippen LogP contribution in [0.2, 0.25) is 0 Å². The first kappa shape index (κ1) is 13.4. The summed E-state index contributed by atoms with van der Waals surface area (Å²) in [6.45, 7) is 0.220. The minimum absolute atomic E-state index is 0.0559. The van der Waals surface area contributed by atoms with Crippen LogP contribution in [0.4, 0.5) is 5.82 Å². The van der Waals surface area contributed by atoms with Crippen LogP contribution < -0.4 is 15.0 Å². The number of likely N-dealkylation sites (N-methyl/N-ethyl adjacent to an activating group) is 1. The molecule has 3 heterocycles. The van der Waals surface area contributed by atoms with Gasteiger partial charge in [0.2, 0.25) is 5.82 Å². The van der Waals surface area contributed by atoms with Crippen molar-refractivity contribution in [3.8, 4) is 5.75 Å². The zero-order chi connectivity index (χ0) is 14.8. The van der Waals surface area contributed by atoms with Crippen LogP contribution in [0.15, 0.2) is 24.7 Å². The van der Waals surface area contributed by atoms with E-state index in [1.807, 2.05) is 0 Å². The number of carbonyl (C=O) groups is 1. The number of fused-ring (bicyclic) bond motifs is 1. The molecule has 3 rings (SSSR count). The molecule has 108 valence electrons. The second-order valence-electron chi connectivity index (χ2n) is 4.38. The minimum Gasteiger partial charge on any atom is -0.487 e. The fourth-order valence-electron chi connectivity index (χ4n) is 1.97. The van der Waals surface area contributed by atoms with Crippen molar-refractivity contribution < 1.29 is 9.53 Å². The van der Waals surface area contributed by atoms with Gasteiger partial charge in [0.25, 0.3) is 5.91 Å². The van der Waals surface area contributed by atoms with Gasteiger partial charge in [-0.3, -0.25) is 9.89 Å². The standard InChI is InChI=1S/C12H12N6O2S/c1-18-10-8(3-2-4-13-10)20-5-7(12(18)21)16-11(19)9-14-6-15-17-9/h2-4,6-7H,5H2,1H3,(H,16,19)(H,14,15,17)/t7-/m0/s1. The average Bonchev–Trinajstić information content (AvgIpc) is 3.01. The third kappa shape index (κ3) is 2.55. The van der Waals surface area contributed by atoms with Crippen molar-refractivity contribution in [3.05, 3.63) is 30.5 Å². The Hall–Kier alpha value is -2.55. The highest BCUT2D eigenvalue weighted by Crippen LogP contribution is 2.27. The summed E-state index contributed by atoms with van der Waals surface area (Å²) in [6, 6.07) is 3.12. The smallest absolute Gasteiger partial charge is 0.291 e. The number of nitrogens with one attached hydrogen (secondary N) is 2. The second-order valence-corrected chi connectivity index (χ2v) is 4.80. The summed E-state index contributed by atoms with van der Waals surface area (Å²) in [5.41, 5.74) is 0. The van der Waals surface area contributed by atoms with E-state index in [-0.39, 0.29) is 12.4 Å². The van der Waals surface area contributed by atoms with E-state index in [1.54, 1.807) is 30.3 Å². The Labute approximate surface area is 125 Å². The molecule has 1 aliphatic heterocycles. The number of rotatable bonds is 2. The number of hydrogen-bond donors (Lipinski definition) is 2. The zero-order valence-corrected chi connectivity index (χ0v) is 11.9. The van der Waals surface area contributed by atoms with E-state index >= 15 is 0 Å². The fourth-order valence-corrected chi connectivity index (χ4v) is 2.19.